The van der Waals surface area contributed by atoms with E-state index in [0.29, 0.717) is 59.5 Å². The Balaban J connectivity index is 1.76. The van der Waals surface area contributed by atoms with Crippen LogP contribution < -0.4 is 9.47 Å². The van der Waals surface area contributed by atoms with Crippen molar-refractivity contribution in [3.63, 3.8) is 0 Å². The Morgan fingerprint density at radius 3 is 1.28 bits per heavy atom. The smallest absolute Gasteiger partial charge is 0.410 e. The zero-order valence-corrected chi connectivity index (χ0v) is 27.2. The number of carbonyl (C=O) groups excluding carboxylic acids is 4. The fraction of sp³-hybridized carbons (Fsp3) is 0.515. The number of ether oxygens (including phenoxy) is 2. The fourth-order valence-corrected chi connectivity index (χ4v) is 4.81. The van der Waals surface area contributed by atoms with Crippen molar-refractivity contribution in [2.24, 2.45) is 0 Å². The van der Waals surface area contributed by atoms with E-state index in [0.717, 1.165) is 30.4 Å². The summed E-state index contributed by atoms with van der Waals surface area (Å²) in [5, 5.41) is 0. The number of hydrogen-bond acceptors (Lipinski definition) is 6. The summed E-state index contributed by atoms with van der Waals surface area (Å²) in [5.74, 6) is 1.35. The molecule has 0 unspecified atom stereocenters. The Labute approximate surface area is 256 Å². The minimum Gasteiger partial charge on any atom is -0.410 e. The molecule has 0 atom stereocenters. The standard InChI is InChI=1S/C33H50N4O6/c1-34(2)32(40)42-30-20-14-12-16-26(30)22-36(5,6)24-28(38)18-10-9-11-19-29(39)25-37(7,8)23-27-17-13-15-21-31(27)43-33(41)35(3)4/h12-17,20-21H,9-11,18-19,22-25H2,1-8H3/q+2. The van der Waals surface area contributed by atoms with Crippen LogP contribution in [0.15, 0.2) is 48.5 Å². The van der Waals surface area contributed by atoms with Crippen LogP contribution in [-0.4, -0.2) is 112 Å². The second kappa shape index (κ2) is 16.2. The molecule has 43 heavy (non-hydrogen) atoms. The van der Waals surface area contributed by atoms with Crippen LogP contribution in [0, 0.1) is 0 Å². The van der Waals surface area contributed by atoms with Crippen molar-refractivity contribution >= 4 is 23.8 Å². The van der Waals surface area contributed by atoms with Gasteiger partial charge in [0, 0.05) is 52.2 Å². The summed E-state index contributed by atoms with van der Waals surface area (Å²) < 4.78 is 11.9. The van der Waals surface area contributed by atoms with Crippen LogP contribution >= 0.6 is 0 Å². The van der Waals surface area contributed by atoms with Crippen molar-refractivity contribution in [2.75, 3.05) is 69.5 Å². The molecule has 0 bridgehead atoms. The van der Waals surface area contributed by atoms with Crippen molar-refractivity contribution in [1.82, 2.24) is 9.80 Å². The van der Waals surface area contributed by atoms with E-state index < -0.39 is 12.2 Å². The monoisotopic (exact) mass is 598 g/mol. The summed E-state index contributed by atoms with van der Waals surface area (Å²) >= 11 is 0. The molecule has 0 aliphatic heterocycles. The molecule has 10 heteroatoms. The number of amides is 2. The number of quaternary nitrogens is 2. The molecule has 2 amide bonds. The van der Waals surface area contributed by atoms with Gasteiger partial charge in [-0.25, -0.2) is 9.59 Å². The third kappa shape index (κ3) is 13.0. The number of likely N-dealkylation sites (N-methyl/N-ethyl adjacent to an activating group) is 2. The number of benzene rings is 2. The highest BCUT2D eigenvalue weighted by Crippen LogP contribution is 2.24. The lowest BCUT2D eigenvalue weighted by molar-refractivity contribution is -0.895. The minimum atomic E-state index is -0.442. The summed E-state index contributed by atoms with van der Waals surface area (Å²) in [4.78, 5) is 52.4. The van der Waals surface area contributed by atoms with Gasteiger partial charge in [0.15, 0.2) is 11.6 Å². The first-order valence-corrected chi connectivity index (χ1v) is 14.7. The van der Waals surface area contributed by atoms with Crippen molar-refractivity contribution in [1.29, 1.82) is 0 Å². The first-order chi connectivity index (χ1) is 20.1. The Morgan fingerprint density at radius 2 is 0.930 bits per heavy atom. The molecule has 2 aromatic rings. The molecule has 2 aromatic carbocycles. The average molecular weight is 599 g/mol. The van der Waals surface area contributed by atoms with Crippen molar-refractivity contribution in [3.8, 4) is 11.5 Å². The van der Waals surface area contributed by atoms with E-state index in [9.17, 15) is 19.2 Å². The van der Waals surface area contributed by atoms with E-state index in [1.54, 1.807) is 40.3 Å². The first kappa shape index (κ1) is 35.4. The molecule has 2 rings (SSSR count). The normalized spacial score (nSPS) is 11.5. The largest absolute Gasteiger partial charge is 0.414 e. The van der Waals surface area contributed by atoms with Crippen LogP contribution in [0.5, 0.6) is 11.5 Å². The predicted molar refractivity (Wildman–Crippen MR) is 167 cm³/mol. The number of ketones is 2. The lowest BCUT2D eigenvalue weighted by Gasteiger charge is -2.30. The van der Waals surface area contributed by atoms with Crippen molar-refractivity contribution in [2.45, 2.75) is 45.2 Å². The maximum absolute atomic E-state index is 12.8. The highest BCUT2D eigenvalue weighted by Gasteiger charge is 2.25. The van der Waals surface area contributed by atoms with Crippen LogP contribution in [0.2, 0.25) is 0 Å². The molecular formula is C33H50N4O6+2. The molecule has 0 fully saturated rings. The SMILES string of the molecule is CN(C)C(=O)Oc1ccccc1C[N+](C)(C)CC(=O)CCCCCC(=O)C[N+](C)(C)Cc1ccccc1OC(=O)N(C)C. The molecule has 0 aromatic heterocycles. The molecule has 0 radical (unpaired) electrons. The number of Topliss-reactive ketones (excluding diaryl/α,β-unsaturated/α-hetero) is 2. The van der Waals surface area contributed by atoms with Gasteiger partial charge in [-0.1, -0.05) is 30.7 Å². The van der Waals surface area contributed by atoms with E-state index in [-0.39, 0.29) is 11.6 Å². The number of hydrogen-bond donors (Lipinski definition) is 0. The second-order valence-corrected chi connectivity index (χ2v) is 12.9. The van der Waals surface area contributed by atoms with Gasteiger partial charge in [0.05, 0.1) is 28.2 Å². The maximum atomic E-state index is 12.8. The van der Waals surface area contributed by atoms with Gasteiger partial charge in [0.25, 0.3) is 0 Å². The molecule has 0 spiro atoms. The third-order valence-electron chi connectivity index (χ3n) is 6.89. The highest BCUT2D eigenvalue weighted by atomic mass is 16.6. The van der Waals surface area contributed by atoms with E-state index in [2.05, 4.69) is 0 Å². The summed E-state index contributed by atoms with van der Waals surface area (Å²) in [5.41, 5.74) is 1.74. The summed E-state index contributed by atoms with van der Waals surface area (Å²) in [6, 6.07) is 14.8. The molecular weight excluding hydrogens is 548 g/mol. The Morgan fingerprint density at radius 1 is 0.581 bits per heavy atom. The van der Waals surface area contributed by atoms with Crippen LogP contribution in [0.3, 0.4) is 0 Å². The number of nitrogens with zero attached hydrogens (tertiary/aromatic N) is 4. The number of unbranched alkanes of at least 4 members (excludes halogenated alkanes) is 2. The lowest BCUT2D eigenvalue weighted by atomic mass is 10.1. The molecule has 0 saturated heterocycles. The van der Waals surface area contributed by atoms with E-state index in [4.69, 9.17) is 9.47 Å². The van der Waals surface area contributed by atoms with Gasteiger partial charge in [-0.2, -0.15) is 0 Å². The molecule has 10 nitrogen and oxygen atoms in total. The Bertz CT molecular complexity index is 1160. The summed E-state index contributed by atoms with van der Waals surface area (Å²) in [6.45, 7) is 1.83. The quantitative estimate of drug-likeness (QED) is 0.205. The molecule has 236 valence electrons. The third-order valence-corrected chi connectivity index (χ3v) is 6.89. The Hall–Kier alpha value is -3.76. The fourth-order valence-electron chi connectivity index (χ4n) is 4.81. The van der Waals surface area contributed by atoms with Gasteiger partial charge >= 0.3 is 12.2 Å². The lowest BCUT2D eigenvalue weighted by Crippen LogP contribution is -2.43. The molecule has 0 aliphatic carbocycles. The number of rotatable bonds is 16. The summed E-state index contributed by atoms with van der Waals surface area (Å²) in [7, 11) is 14.5. The van der Waals surface area contributed by atoms with Crippen LogP contribution in [-0.2, 0) is 22.7 Å². The highest BCUT2D eigenvalue weighted by molar-refractivity contribution is 5.80. The number of para-hydroxylation sites is 2. The van der Waals surface area contributed by atoms with Crippen LogP contribution in [0.1, 0.15) is 43.2 Å². The zero-order valence-electron chi connectivity index (χ0n) is 27.2. The van der Waals surface area contributed by atoms with Crippen LogP contribution in [0.4, 0.5) is 9.59 Å². The molecule has 0 saturated carbocycles. The topological polar surface area (TPSA) is 93.2 Å². The van der Waals surface area contributed by atoms with E-state index >= 15 is 0 Å². The van der Waals surface area contributed by atoms with E-state index in [1.807, 2.05) is 64.6 Å². The van der Waals surface area contributed by atoms with E-state index in [1.165, 1.54) is 9.80 Å². The van der Waals surface area contributed by atoms with Gasteiger partial charge < -0.3 is 28.2 Å². The minimum absolute atomic E-state index is 0.172. The second-order valence-electron chi connectivity index (χ2n) is 12.9. The van der Waals surface area contributed by atoms with Crippen molar-refractivity contribution < 1.29 is 37.6 Å². The average Bonchev–Trinajstić information content (AvgIpc) is 2.89. The van der Waals surface area contributed by atoms with Crippen LogP contribution in [0.25, 0.3) is 0 Å². The van der Waals surface area contributed by atoms with Gasteiger partial charge in [0.1, 0.15) is 37.7 Å². The molecule has 0 N–H and O–H groups in total. The Kier molecular flexibility index (Phi) is 13.3. The van der Waals surface area contributed by atoms with Gasteiger partial charge in [0.2, 0.25) is 0 Å². The summed E-state index contributed by atoms with van der Waals surface area (Å²) in [6.07, 6.45) is 2.35. The molecule has 0 aliphatic rings. The maximum Gasteiger partial charge on any atom is 0.414 e. The zero-order chi connectivity index (χ0) is 32.2. The number of carbonyl (C=O) groups is 4. The van der Waals surface area contributed by atoms with Gasteiger partial charge in [-0.05, 0) is 37.1 Å². The predicted octanol–water partition coefficient (Wildman–Crippen LogP) is 4.75. The van der Waals surface area contributed by atoms with Gasteiger partial charge in [-0.15, -0.1) is 0 Å². The first-order valence-electron chi connectivity index (χ1n) is 14.7. The van der Waals surface area contributed by atoms with Gasteiger partial charge in [-0.3, -0.25) is 9.59 Å². The van der Waals surface area contributed by atoms with Crippen molar-refractivity contribution in [3.05, 3.63) is 59.7 Å². The molecule has 0 heterocycles.